The van der Waals surface area contributed by atoms with E-state index in [0.717, 1.165) is 31.6 Å². The number of amides is 1. The summed E-state index contributed by atoms with van der Waals surface area (Å²) in [5.41, 5.74) is 1.56. The Hall–Kier alpha value is -2.02. The third kappa shape index (κ3) is 4.20. The van der Waals surface area contributed by atoms with Gasteiger partial charge in [0.25, 0.3) is 6.29 Å². The van der Waals surface area contributed by atoms with Gasteiger partial charge in [-0.1, -0.05) is 18.1 Å². The molecule has 1 fully saturated rings. The number of likely N-dealkylation sites (tertiary alicyclic amines) is 1. The molecule has 2 aliphatic heterocycles. The molecule has 1 N–H and O–H groups in total. The van der Waals surface area contributed by atoms with Crippen LogP contribution in [0.1, 0.15) is 32.6 Å². The lowest BCUT2D eigenvalue weighted by molar-refractivity contribution is -0.141. The number of fused-ring (bicyclic) bond motifs is 1. The molecular formula is C19H28N2O5. The molecule has 0 bridgehead atoms. The van der Waals surface area contributed by atoms with Crippen LogP contribution in [0.2, 0.25) is 0 Å². The van der Waals surface area contributed by atoms with Crippen LogP contribution in [0.25, 0.3) is 0 Å². The Bertz CT molecular complexity index is 595. The average Bonchev–Trinajstić information content (AvgIpc) is 3.04. The molecule has 3 rings (SSSR count). The fraction of sp³-hybridized carbons (Fsp3) is 0.684. The molecule has 1 aliphatic carbocycles. The van der Waals surface area contributed by atoms with Crippen molar-refractivity contribution in [1.29, 1.82) is 0 Å². The fourth-order valence-corrected chi connectivity index (χ4v) is 4.01. The van der Waals surface area contributed by atoms with E-state index in [9.17, 15) is 9.59 Å². The summed E-state index contributed by atoms with van der Waals surface area (Å²) >= 11 is 0. The molecule has 0 spiro atoms. The standard InChI is InChI=1S/C19H28N2O5/c1-13-6-7-14-15(17(22)24-2)12-25-18(16(13)14)26-19(23)20-8-11-21-9-4-3-5-10-21/h6,12,14,16,18H,3-5,7-11H2,1-2H3,(H,20,23). The molecule has 7 heteroatoms. The minimum Gasteiger partial charge on any atom is -0.466 e. The number of piperidine rings is 1. The molecule has 1 amide bonds. The number of allylic oxidation sites excluding steroid dienone is 1. The lowest BCUT2D eigenvalue weighted by Gasteiger charge is -2.33. The topological polar surface area (TPSA) is 77.1 Å². The SMILES string of the molecule is COC(=O)C1=COC(OC(=O)NCCN2CCCCC2)C2C(C)=CCC12. The molecule has 0 aromatic carbocycles. The van der Waals surface area contributed by atoms with Gasteiger partial charge in [0.1, 0.15) is 0 Å². The second-order valence-corrected chi connectivity index (χ2v) is 7.12. The van der Waals surface area contributed by atoms with Gasteiger partial charge < -0.3 is 24.4 Å². The molecule has 144 valence electrons. The molecule has 7 nitrogen and oxygen atoms in total. The van der Waals surface area contributed by atoms with Crippen LogP contribution in [0.15, 0.2) is 23.5 Å². The summed E-state index contributed by atoms with van der Waals surface area (Å²) in [4.78, 5) is 26.4. The van der Waals surface area contributed by atoms with E-state index in [0.29, 0.717) is 12.1 Å². The molecule has 1 saturated heterocycles. The quantitative estimate of drug-likeness (QED) is 0.595. The highest BCUT2D eigenvalue weighted by Gasteiger charge is 2.44. The van der Waals surface area contributed by atoms with E-state index in [2.05, 4.69) is 16.3 Å². The number of ether oxygens (including phenoxy) is 3. The van der Waals surface area contributed by atoms with Crippen LogP contribution in [-0.2, 0) is 19.0 Å². The highest BCUT2D eigenvalue weighted by Crippen LogP contribution is 2.43. The third-order valence-corrected chi connectivity index (χ3v) is 5.47. The fourth-order valence-electron chi connectivity index (χ4n) is 4.01. The average molecular weight is 364 g/mol. The zero-order valence-electron chi connectivity index (χ0n) is 15.5. The Morgan fingerprint density at radius 2 is 2.08 bits per heavy atom. The number of alkyl carbamates (subject to hydrolysis) is 1. The van der Waals surface area contributed by atoms with E-state index >= 15 is 0 Å². The summed E-state index contributed by atoms with van der Waals surface area (Å²) in [6.07, 6.45) is 6.70. The molecular weight excluding hydrogens is 336 g/mol. The van der Waals surface area contributed by atoms with Gasteiger partial charge in [0, 0.05) is 19.0 Å². The van der Waals surface area contributed by atoms with Crippen molar-refractivity contribution in [2.45, 2.75) is 38.9 Å². The summed E-state index contributed by atoms with van der Waals surface area (Å²) in [5.74, 6) is -0.614. The zero-order valence-corrected chi connectivity index (χ0v) is 15.5. The number of carbonyl (C=O) groups is 2. The third-order valence-electron chi connectivity index (χ3n) is 5.47. The smallest absolute Gasteiger partial charge is 0.410 e. The normalized spacial score (nSPS) is 28.3. The summed E-state index contributed by atoms with van der Waals surface area (Å²) in [6.45, 7) is 5.54. The largest absolute Gasteiger partial charge is 0.466 e. The van der Waals surface area contributed by atoms with Crippen LogP contribution in [-0.4, -0.2) is 56.5 Å². The maximum absolute atomic E-state index is 12.2. The minimum atomic E-state index is -0.720. The van der Waals surface area contributed by atoms with Crippen molar-refractivity contribution in [2.75, 3.05) is 33.3 Å². The van der Waals surface area contributed by atoms with Crippen molar-refractivity contribution in [3.63, 3.8) is 0 Å². The van der Waals surface area contributed by atoms with Crippen LogP contribution in [0.4, 0.5) is 4.79 Å². The molecule has 3 aliphatic rings. The monoisotopic (exact) mass is 364 g/mol. The maximum Gasteiger partial charge on any atom is 0.410 e. The van der Waals surface area contributed by atoms with E-state index in [4.69, 9.17) is 14.2 Å². The summed E-state index contributed by atoms with van der Waals surface area (Å²) in [5, 5.41) is 2.80. The van der Waals surface area contributed by atoms with Gasteiger partial charge in [0.05, 0.1) is 24.9 Å². The van der Waals surface area contributed by atoms with E-state index in [1.165, 1.54) is 32.6 Å². The van der Waals surface area contributed by atoms with Crippen LogP contribution in [0, 0.1) is 11.8 Å². The van der Waals surface area contributed by atoms with Crippen molar-refractivity contribution >= 4 is 12.1 Å². The van der Waals surface area contributed by atoms with Gasteiger partial charge in [-0.3, -0.25) is 0 Å². The van der Waals surface area contributed by atoms with Crippen molar-refractivity contribution in [3.8, 4) is 0 Å². The van der Waals surface area contributed by atoms with E-state index in [-0.39, 0.29) is 11.8 Å². The Morgan fingerprint density at radius 1 is 1.31 bits per heavy atom. The van der Waals surface area contributed by atoms with Gasteiger partial charge in [0.2, 0.25) is 0 Å². The van der Waals surface area contributed by atoms with Gasteiger partial charge in [-0.05, 0) is 39.3 Å². The maximum atomic E-state index is 12.2. The first kappa shape index (κ1) is 18.8. The molecule has 0 radical (unpaired) electrons. The molecule has 0 aromatic rings. The highest BCUT2D eigenvalue weighted by molar-refractivity contribution is 5.89. The predicted molar refractivity (Wildman–Crippen MR) is 95.1 cm³/mol. The van der Waals surface area contributed by atoms with E-state index in [1.807, 2.05) is 6.92 Å². The first-order valence-electron chi connectivity index (χ1n) is 9.37. The minimum absolute atomic E-state index is 0.0673. The zero-order chi connectivity index (χ0) is 18.5. The van der Waals surface area contributed by atoms with Gasteiger partial charge in [-0.15, -0.1) is 0 Å². The number of esters is 1. The van der Waals surface area contributed by atoms with Crippen molar-refractivity contribution in [1.82, 2.24) is 10.2 Å². The number of rotatable bonds is 5. The number of nitrogens with one attached hydrogen (secondary N) is 1. The number of hydrogen-bond acceptors (Lipinski definition) is 6. The Morgan fingerprint density at radius 3 is 2.81 bits per heavy atom. The molecule has 3 atom stereocenters. The van der Waals surface area contributed by atoms with Crippen molar-refractivity contribution < 1.29 is 23.8 Å². The molecule has 2 heterocycles. The number of methoxy groups -OCH3 is 1. The summed E-state index contributed by atoms with van der Waals surface area (Å²) in [7, 11) is 1.35. The Balaban J connectivity index is 1.52. The van der Waals surface area contributed by atoms with E-state index < -0.39 is 18.4 Å². The summed E-state index contributed by atoms with van der Waals surface area (Å²) < 4.78 is 15.9. The lowest BCUT2D eigenvalue weighted by Crippen LogP contribution is -2.42. The Labute approximate surface area is 154 Å². The molecule has 3 unspecified atom stereocenters. The number of carbonyl (C=O) groups excluding carboxylic acids is 2. The predicted octanol–water partition coefficient (Wildman–Crippen LogP) is 2.19. The van der Waals surface area contributed by atoms with Crippen molar-refractivity contribution in [3.05, 3.63) is 23.5 Å². The van der Waals surface area contributed by atoms with Crippen LogP contribution >= 0.6 is 0 Å². The van der Waals surface area contributed by atoms with Crippen molar-refractivity contribution in [2.24, 2.45) is 11.8 Å². The second kappa shape index (κ2) is 8.58. The number of nitrogens with zero attached hydrogens (tertiary/aromatic N) is 1. The van der Waals surface area contributed by atoms with Crippen LogP contribution < -0.4 is 5.32 Å². The van der Waals surface area contributed by atoms with Gasteiger partial charge in [-0.2, -0.15) is 0 Å². The first-order chi connectivity index (χ1) is 12.6. The molecule has 26 heavy (non-hydrogen) atoms. The second-order valence-electron chi connectivity index (χ2n) is 7.12. The van der Waals surface area contributed by atoms with Crippen LogP contribution in [0.3, 0.4) is 0 Å². The molecule has 0 saturated carbocycles. The first-order valence-corrected chi connectivity index (χ1v) is 9.37. The Kier molecular flexibility index (Phi) is 6.19. The van der Waals surface area contributed by atoms with Crippen LogP contribution in [0.5, 0.6) is 0 Å². The summed E-state index contributed by atoms with van der Waals surface area (Å²) in [6, 6.07) is 0. The van der Waals surface area contributed by atoms with Gasteiger partial charge in [0.15, 0.2) is 0 Å². The number of hydrogen-bond donors (Lipinski definition) is 1. The lowest BCUT2D eigenvalue weighted by atomic mass is 9.84. The van der Waals surface area contributed by atoms with Gasteiger partial charge in [-0.25, -0.2) is 9.59 Å². The van der Waals surface area contributed by atoms with E-state index in [1.54, 1.807) is 0 Å². The highest BCUT2D eigenvalue weighted by atomic mass is 16.7. The molecule has 0 aromatic heterocycles. The van der Waals surface area contributed by atoms with Gasteiger partial charge >= 0.3 is 12.1 Å².